The molecule has 0 aliphatic rings. The van der Waals surface area contributed by atoms with Crippen molar-refractivity contribution in [2.24, 2.45) is 4.99 Å². The zero-order valence-electron chi connectivity index (χ0n) is 12.7. The molecule has 1 aromatic heterocycles. The summed E-state index contributed by atoms with van der Waals surface area (Å²) in [7, 11) is 0. The van der Waals surface area contributed by atoms with Crippen molar-refractivity contribution in [2.75, 3.05) is 6.61 Å². The lowest BCUT2D eigenvalue weighted by Gasteiger charge is -2.08. The van der Waals surface area contributed by atoms with Crippen LogP contribution in [0.25, 0.3) is 0 Å². The van der Waals surface area contributed by atoms with Crippen molar-refractivity contribution < 1.29 is 4.74 Å². The standard InChI is InChI=1S/C20H17N2O/c1-2-23-19-15-18(13-14-21-19)22-20(16-9-5-3-6-10-16)17-11-7-4-8-12-17/h3-15H,1-2H2. The highest BCUT2D eigenvalue weighted by Gasteiger charge is 2.07. The Morgan fingerprint density at radius 3 is 2.09 bits per heavy atom. The van der Waals surface area contributed by atoms with Gasteiger partial charge in [-0.25, -0.2) is 9.98 Å². The van der Waals surface area contributed by atoms with Gasteiger partial charge in [-0.2, -0.15) is 0 Å². The van der Waals surface area contributed by atoms with Crippen molar-refractivity contribution in [1.82, 2.24) is 4.98 Å². The quantitative estimate of drug-likeness (QED) is 0.652. The summed E-state index contributed by atoms with van der Waals surface area (Å²) in [4.78, 5) is 8.97. The van der Waals surface area contributed by atoms with Crippen LogP contribution in [-0.2, 0) is 0 Å². The summed E-state index contributed by atoms with van der Waals surface area (Å²) in [6.07, 6.45) is 1.69. The Balaban J connectivity index is 2.07. The van der Waals surface area contributed by atoms with Crippen LogP contribution in [0.3, 0.4) is 0 Å². The zero-order valence-corrected chi connectivity index (χ0v) is 12.7. The molecule has 3 heteroatoms. The molecule has 1 heterocycles. The molecule has 113 valence electrons. The lowest BCUT2D eigenvalue weighted by Crippen LogP contribution is -2.02. The molecule has 0 N–H and O–H groups in total. The van der Waals surface area contributed by atoms with Gasteiger partial charge in [0.15, 0.2) is 0 Å². The van der Waals surface area contributed by atoms with E-state index >= 15 is 0 Å². The number of hydrogen-bond acceptors (Lipinski definition) is 3. The third kappa shape index (κ3) is 3.83. The SMILES string of the molecule is [CH2]COc1cc(N=C(c2ccccc2)c2ccccc2)ccn1. The highest BCUT2D eigenvalue weighted by molar-refractivity contribution is 6.13. The van der Waals surface area contributed by atoms with E-state index in [4.69, 9.17) is 9.73 Å². The first-order chi connectivity index (χ1) is 11.4. The van der Waals surface area contributed by atoms with Gasteiger partial charge in [0.05, 0.1) is 18.0 Å². The molecular weight excluding hydrogens is 284 g/mol. The van der Waals surface area contributed by atoms with E-state index in [9.17, 15) is 0 Å². The molecule has 0 amide bonds. The minimum atomic E-state index is 0.338. The van der Waals surface area contributed by atoms with Gasteiger partial charge in [-0.05, 0) is 13.0 Å². The van der Waals surface area contributed by atoms with Gasteiger partial charge in [0.1, 0.15) is 0 Å². The van der Waals surface area contributed by atoms with E-state index < -0.39 is 0 Å². The van der Waals surface area contributed by atoms with Crippen LogP contribution in [0.15, 0.2) is 84.0 Å². The molecule has 0 atom stereocenters. The van der Waals surface area contributed by atoms with Crippen LogP contribution >= 0.6 is 0 Å². The van der Waals surface area contributed by atoms with E-state index in [0.29, 0.717) is 12.5 Å². The monoisotopic (exact) mass is 301 g/mol. The molecule has 0 bridgehead atoms. The van der Waals surface area contributed by atoms with Gasteiger partial charge in [0.2, 0.25) is 5.88 Å². The number of pyridine rings is 1. The molecular formula is C20H17N2O. The Hall–Kier alpha value is -2.94. The average molecular weight is 301 g/mol. The molecule has 0 saturated heterocycles. The molecule has 2 aromatic carbocycles. The van der Waals surface area contributed by atoms with Crippen molar-refractivity contribution in [2.45, 2.75) is 0 Å². The Bertz CT molecular complexity index is 742. The number of ether oxygens (including phenoxy) is 1. The Labute approximate surface area is 136 Å². The Kier molecular flexibility index (Phi) is 4.79. The smallest absolute Gasteiger partial charge is 0.215 e. The third-order valence-electron chi connectivity index (χ3n) is 3.30. The lowest BCUT2D eigenvalue weighted by atomic mass is 10.0. The molecule has 1 radical (unpaired) electrons. The number of benzene rings is 2. The van der Waals surface area contributed by atoms with Crippen molar-refractivity contribution in [1.29, 1.82) is 0 Å². The third-order valence-corrected chi connectivity index (χ3v) is 3.30. The van der Waals surface area contributed by atoms with Crippen molar-refractivity contribution in [3.05, 3.63) is 97.0 Å². The maximum absolute atomic E-state index is 5.35. The van der Waals surface area contributed by atoms with Crippen molar-refractivity contribution in [3.8, 4) is 5.88 Å². The highest BCUT2D eigenvalue weighted by Crippen LogP contribution is 2.21. The van der Waals surface area contributed by atoms with Crippen LogP contribution in [-0.4, -0.2) is 17.3 Å². The van der Waals surface area contributed by atoms with Crippen molar-refractivity contribution in [3.63, 3.8) is 0 Å². The first-order valence-electron chi connectivity index (χ1n) is 7.44. The minimum absolute atomic E-state index is 0.338. The van der Waals surface area contributed by atoms with E-state index in [0.717, 1.165) is 22.5 Å². The van der Waals surface area contributed by atoms with Crippen molar-refractivity contribution >= 4 is 11.4 Å². The second-order valence-corrected chi connectivity index (χ2v) is 4.89. The molecule has 3 nitrogen and oxygen atoms in total. The minimum Gasteiger partial charge on any atom is -0.478 e. The molecule has 0 aliphatic heterocycles. The van der Waals surface area contributed by atoms with E-state index in [1.807, 2.05) is 48.5 Å². The fraction of sp³-hybridized carbons (Fsp3) is 0.0500. The Morgan fingerprint density at radius 1 is 0.913 bits per heavy atom. The van der Waals surface area contributed by atoms with E-state index in [1.165, 1.54) is 0 Å². The predicted octanol–water partition coefficient (Wildman–Crippen LogP) is 4.46. The molecule has 23 heavy (non-hydrogen) atoms. The van der Waals surface area contributed by atoms with Crippen LogP contribution < -0.4 is 4.74 Å². The zero-order chi connectivity index (χ0) is 15.9. The second kappa shape index (κ2) is 7.36. The number of aromatic nitrogens is 1. The first-order valence-corrected chi connectivity index (χ1v) is 7.44. The fourth-order valence-corrected chi connectivity index (χ4v) is 2.27. The van der Waals surface area contributed by atoms with Gasteiger partial charge in [-0.3, -0.25) is 0 Å². The van der Waals surface area contributed by atoms with Crippen LogP contribution in [0.4, 0.5) is 5.69 Å². The second-order valence-electron chi connectivity index (χ2n) is 4.89. The van der Waals surface area contributed by atoms with Crippen LogP contribution in [0.5, 0.6) is 5.88 Å². The molecule has 0 unspecified atom stereocenters. The van der Waals surface area contributed by atoms with Gasteiger partial charge in [0, 0.05) is 23.4 Å². The highest BCUT2D eigenvalue weighted by atomic mass is 16.5. The summed E-state index contributed by atoms with van der Waals surface area (Å²) in [5.74, 6) is 0.529. The Morgan fingerprint density at radius 2 is 1.52 bits per heavy atom. The lowest BCUT2D eigenvalue weighted by molar-refractivity contribution is 0.347. The van der Waals surface area contributed by atoms with Gasteiger partial charge in [-0.1, -0.05) is 60.7 Å². The number of nitrogens with zero attached hydrogens (tertiary/aromatic N) is 2. The largest absolute Gasteiger partial charge is 0.478 e. The summed E-state index contributed by atoms with van der Waals surface area (Å²) in [5.41, 5.74) is 3.84. The van der Waals surface area contributed by atoms with Gasteiger partial charge >= 0.3 is 0 Å². The summed E-state index contributed by atoms with van der Waals surface area (Å²) in [5, 5.41) is 0. The van der Waals surface area contributed by atoms with Gasteiger partial charge in [-0.15, -0.1) is 0 Å². The van der Waals surface area contributed by atoms with Crippen LogP contribution in [0.2, 0.25) is 0 Å². The summed E-state index contributed by atoms with van der Waals surface area (Å²) in [6, 6.07) is 23.9. The van der Waals surface area contributed by atoms with Gasteiger partial charge in [0.25, 0.3) is 0 Å². The molecule has 0 saturated carbocycles. The normalized spacial score (nSPS) is 10.1. The summed E-state index contributed by atoms with van der Waals surface area (Å²) < 4.78 is 5.35. The number of aliphatic imine (C=N–C) groups is 1. The van der Waals surface area contributed by atoms with E-state index in [2.05, 4.69) is 36.2 Å². The van der Waals surface area contributed by atoms with Gasteiger partial charge < -0.3 is 4.74 Å². The molecule has 3 aromatic rings. The van der Waals surface area contributed by atoms with Crippen LogP contribution in [0.1, 0.15) is 11.1 Å². The fourth-order valence-electron chi connectivity index (χ4n) is 2.27. The number of hydrogen-bond donors (Lipinski definition) is 0. The first kappa shape index (κ1) is 15.0. The molecule has 0 fully saturated rings. The maximum Gasteiger partial charge on any atom is 0.215 e. The molecule has 0 aliphatic carbocycles. The predicted molar refractivity (Wildman–Crippen MR) is 93.3 cm³/mol. The molecule has 3 rings (SSSR count). The average Bonchev–Trinajstić information content (AvgIpc) is 2.62. The molecule has 0 spiro atoms. The maximum atomic E-state index is 5.35. The summed E-state index contributed by atoms with van der Waals surface area (Å²) in [6.45, 7) is 4.01. The van der Waals surface area contributed by atoms with E-state index in [-0.39, 0.29) is 0 Å². The summed E-state index contributed by atoms with van der Waals surface area (Å²) >= 11 is 0. The number of rotatable bonds is 5. The topological polar surface area (TPSA) is 34.5 Å². The van der Waals surface area contributed by atoms with Crippen LogP contribution in [0, 0.1) is 6.92 Å². The van der Waals surface area contributed by atoms with E-state index in [1.54, 1.807) is 6.20 Å².